The number of urea groups is 1. The van der Waals surface area contributed by atoms with Gasteiger partial charge in [0.1, 0.15) is 12.6 Å². The zero-order valence-electron chi connectivity index (χ0n) is 23.0. The van der Waals surface area contributed by atoms with Gasteiger partial charge in [-0.2, -0.15) is 0 Å². The van der Waals surface area contributed by atoms with Crippen LogP contribution in [0.25, 0.3) is 0 Å². The van der Waals surface area contributed by atoms with Crippen LogP contribution < -0.4 is 27.0 Å². The molecule has 0 saturated heterocycles. The number of aryl methyl sites for hydroxylation is 1. The molecule has 224 valence electrons. The van der Waals surface area contributed by atoms with Crippen molar-refractivity contribution < 1.29 is 33.5 Å². The van der Waals surface area contributed by atoms with E-state index in [1.54, 1.807) is 6.20 Å². The number of carboxylic acids is 1. The number of nitrogens with zero attached hydrogens (tertiary/aromatic N) is 3. The number of benzene rings is 1. The number of anilines is 1. The molecule has 2 rings (SSSR count). The number of aliphatic carboxylic acids is 1. The third-order valence-electron chi connectivity index (χ3n) is 5.84. The molecule has 0 fully saturated rings. The lowest BCUT2D eigenvalue weighted by molar-refractivity contribution is -0.139. The van der Waals surface area contributed by atoms with Gasteiger partial charge in [-0.25, -0.2) is 14.3 Å². The molecule has 0 saturated carbocycles. The van der Waals surface area contributed by atoms with Crippen LogP contribution in [0.1, 0.15) is 71.9 Å². The van der Waals surface area contributed by atoms with Crippen LogP contribution in [-0.4, -0.2) is 75.6 Å². The number of amides is 5. The molecule has 7 N–H and O–H groups in total. The first-order chi connectivity index (χ1) is 19.6. The molecule has 41 heavy (non-hydrogen) atoms. The number of carboxylic acid groups (broad SMARTS) is 1. The molecule has 0 bridgehead atoms. The van der Waals surface area contributed by atoms with E-state index in [-0.39, 0.29) is 36.3 Å². The summed E-state index contributed by atoms with van der Waals surface area (Å²) >= 11 is 0. The second-order valence-electron chi connectivity index (χ2n) is 9.31. The maximum Gasteiger partial charge on any atom is 0.326 e. The van der Waals surface area contributed by atoms with Gasteiger partial charge in [0, 0.05) is 36.1 Å². The monoisotopic (exact) mass is 576 g/mol. The van der Waals surface area contributed by atoms with E-state index in [0.29, 0.717) is 37.9 Å². The first-order valence-corrected chi connectivity index (χ1v) is 13.4. The van der Waals surface area contributed by atoms with E-state index in [1.165, 1.54) is 22.9 Å². The van der Waals surface area contributed by atoms with Crippen LogP contribution in [0.3, 0.4) is 0 Å². The van der Waals surface area contributed by atoms with Crippen LogP contribution in [-0.2, 0) is 22.6 Å². The van der Waals surface area contributed by atoms with Crippen LogP contribution in [0.2, 0.25) is 0 Å². The number of hydrogen-bond acceptors (Lipinski definition) is 7. The van der Waals surface area contributed by atoms with Crippen LogP contribution in [0, 0.1) is 0 Å². The van der Waals surface area contributed by atoms with Gasteiger partial charge in [-0.3, -0.25) is 18.8 Å². The molecule has 0 aliphatic heterocycles. The van der Waals surface area contributed by atoms with E-state index in [1.807, 2.05) is 6.92 Å². The smallest absolute Gasteiger partial charge is 0.326 e. The van der Waals surface area contributed by atoms with E-state index in [2.05, 4.69) is 31.6 Å². The first kappa shape index (κ1) is 32.7. The Bertz CT molecular complexity index is 1200. The lowest BCUT2D eigenvalue weighted by atomic mass is 10.1. The van der Waals surface area contributed by atoms with Gasteiger partial charge in [-0.1, -0.05) is 18.6 Å². The van der Waals surface area contributed by atoms with Crippen molar-refractivity contribution in [3.8, 4) is 0 Å². The van der Waals surface area contributed by atoms with Crippen LogP contribution in [0.4, 0.5) is 14.9 Å². The summed E-state index contributed by atoms with van der Waals surface area (Å²) < 4.78 is 13.7. The van der Waals surface area contributed by atoms with Crippen molar-refractivity contribution in [3.63, 3.8) is 0 Å². The fraction of sp³-hybridized carbons (Fsp3) is 0.500. The quantitative estimate of drug-likeness (QED) is 0.142. The van der Waals surface area contributed by atoms with Gasteiger partial charge >= 0.3 is 12.0 Å². The minimum atomic E-state index is -1.21. The number of aromatic nitrogens is 3. The lowest BCUT2D eigenvalue weighted by Gasteiger charge is -2.13. The predicted molar refractivity (Wildman–Crippen MR) is 147 cm³/mol. The normalized spacial score (nSPS) is 11.4. The van der Waals surface area contributed by atoms with E-state index < -0.39 is 42.4 Å². The Morgan fingerprint density at radius 1 is 1.00 bits per heavy atom. The molecule has 1 atom stereocenters. The highest BCUT2D eigenvalue weighted by molar-refractivity contribution is 6.02. The average molecular weight is 577 g/mol. The second-order valence-corrected chi connectivity index (χ2v) is 9.31. The van der Waals surface area contributed by atoms with Gasteiger partial charge in [-0.05, 0) is 56.7 Å². The maximum absolute atomic E-state index is 12.9. The highest BCUT2D eigenvalue weighted by Crippen LogP contribution is 2.16. The summed E-state index contributed by atoms with van der Waals surface area (Å²) in [5, 5.41) is 27.2. The van der Waals surface area contributed by atoms with Crippen LogP contribution >= 0.6 is 0 Å². The number of nitrogens with one attached hydrogen (secondary N) is 4. The predicted octanol–water partition coefficient (Wildman–Crippen LogP) is 1.37. The van der Waals surface area contributed by atoms with Gasteiger partial charge in [0.25, 0.3) is 11.8 Å². The van der Waals surface area contributed by atoms with E-state index in [9.17, 15) is 28.4 Å². The van der Waals surface area contributed by atoms with E-state index in [4.69, 9.17) is 10.8 Å². The molecule has 1 heterocycles. The van der Waals surface area contributed by atoms with Crippen molar-refractivity contribution in [2.45, 2.75) is 64.5 Å². The van der Waals surface area contributed by atoms with Crippen molar-refractivity contribution >= 4 is 35.4 Å². The SMILES string of the molecule is CCCCNC(=O)c1cc(NC(=O)Cn2cc(CCCF)nn2)cc(C(=O)NCCCC[C@H](NC(N)=O)C(=O)O)c1. The molecule has 0 aliphatic rings. The fourth-order valence-electron chi connectivity index (χ4n) is 3.78. The standard InChI is InChI=1S/C26H37FN8O6/c1-2-3-10-29-23(37)17-12-18(24(38)30-11-5-4-8-21(25(39)40)32-26(28)41)14-20(13-17)31-22(36)16-35-15-19(33-34-35)7-6-9-27/h12-15,21H,2-11,16H2,1H3,(H,29,37)(H,30,38)(H,31,36)(H,39,40)(H3,28,32,41)/t21-/m0/s1. The number of nitrogens with two attached hydrogens (primary N) is 1. The summed E-state index contributed by atoms with van der Waals surface area (Å²) in [4.78, 5) is 60.4. The Balaban J connectivity index is 2.05. The number of halogens is 1. The largest absolute Gasteiger partial charge is 0.480 e. The number of unbranched alkanes of at least 4 members (excludes halogenated alkanes) is 2. The molecular weight excluding hydrogens is 539 g/mol. The van der Waals surface area contributed by atoms with Crippen molar-refractivity contribution in [1.82, 2.24) is 30.9 Å². The Morgan fingerprint density at radius 2 is 1.66 bits per heavy atom. The van der Waals surface area contributed by atoms with Crippen LogP contribution in [0.15, 0.2) is 24.4 Å². The Labute approximate surface area is 236 Å². The van der Waals surface area contributed by atoms with Crippen molar-refractivity contribution in [1.29, 1.82) is 0 Å². The van der Waals surface area contributed by atoms with Gasteiger partial charge in [0.15, 0.2) is 0 Å². The minimum Gasteiger partial charge on any atom is -0.480 e. The van der Waals surface area contributed by atoms with Gasteiger partial charge < -0.3 is 32.1 Å². The lowest BCUT2D eigenvalue weighted by Crippen LogP contribution is -2.43. The van der Waals surface area contributed by atoms with E-state index >= 15 is 0 Å². The summed E-state index contributed by atoms with van der Waals surface area (Å²) in [6.07, 6.45) is 4.84. The Morgan fingerprint density at radius 3 is 2.24 bits per heavy atom. The third-order valence-corrected chi connectivity index (χ3v) is 5.84. The molecule has 0 unspecified atom stereocenters. The third kappa shape index (κ3) is 12.0. The molecule has 14 nitrogen and oxygen atoms in total. The highest BCUT2D eigenvalue weighted by Gasteiger charge is 2.18. The van der Waals surface area contributed by atoms with Crippen molar-refractivity contribution in [2.75, 3.05) is 25.1 Å². The molecule has 1 aromatic carbocycles. The fourth-order valence-corrected chi connectivity index (χ4v) is 3.78. The number of primary amides is 1. The molecule has 2 aromatic rings. The Kier molecular flexibility index (Phi) is 13.7. The number of alkyl halides is 1. The first-order valence-electron chi connectivity index (χ1n) is 13.4. The molecular formula is C26H37FN8O6. The maximum atomic E-state index is 12.9. The Hall–Kier alpha value is -4.56. The molecule has 0 aliphatic carbocycles. The van der Waals surface area contributed by atoms with E-state index in [0.717, 1.165) is 12.8 Å². The zero-order chi connectivity index (χ0) is 30.2. The van der Waals surface area contributed by atoms with Crippen molar-refractivity contribution in [2.24, 2.45) is 5.73 Å². The topological polar surface area (TPSA) is 210 Å². The summed E-state index contributed by atoms with van der Waals surface area (Å²) in [5.74, 6) is -2.58. The summed E-state index contributed by atoms with van der Waals surface area (Å²) in [7, 11) is 0. The average Bonchev–Trinajstić information content (AvgIpc) is 3.37. The molecule has 0 spiro atoms. The molecule has 15 heteroatoms. The molecule has 0 radical (unpaired) electrons. The number of rotatable bonds is 18. The summed E-state index contributed by atoms with van der Waals surface area (Å²) in [6.45, 7) is 1.98. The summed E-state index contributed by atoms with van der Waals surface area (Å²) in [6, 6.07) is 2.24. The van der Waals surface area contributed by atoms with Gasteiger partial charge in [-0.15, -0.1) is 5.10 Å². The molecule has 1 aromatic heterocycles. The van der Waals surface area contributed by atoms with Crippen LogP contribution in [0.5, 0.6) is 0 Å². The number of carbonyl (C=O) groups is 5. The minimum absolute atomic E-state index is 0.126. The van der Waals surface area contributed by atoms with Gasteiger partial charge in [0.05, 0.1) is 12.4 Å². The summed E-state index contributed by atoms with van der Waals surface area (Å²) in [5.41, 5.74) is 6.09. The second kappa shape index (κ2) is 17.2. The molecule has 5 amide bonds. The zero-order valence-corrected chi connectivity index (χ0v) is 23.0. The van der Waals surface area contributed by atoms with Gasteiger partial charge in [0.2, 0.25) is 5.91 Å². The van der Waals surface area contributed by atoms with Crippen molar-refractivity contribution in [3.05, 3.63) is 41.2 Å². The highest BCUT2D eigenvalue weighted by atomic mass is 19.1. The number of carbonyl (C=O) groups excluding carboxylic acids is 4. The number of hydrogen-bond donors (Lipinski definition) is 6.